The van der Waals surface area contributed by atoms with Gasteiger partial charge in [0, 0.05) is 36.0 Å². The summed E-state index contributed by atoms with van der Waals surface area (Å²) >= 11 is 0. The van der Waals surface area contributed by atoms with Crippen LogP contribution in [0.15, 0.2) is 79.1 Å². The number of hydrogen-bond acceptors (Lipinski definition) is 13. The van der Waals surface area contributed by atoms with Gasteiger partial charge >= 0.3 is 0 Å². The Morgan fingerprint density at radius 1 is 0.661 bits per heavy atom. The van der Waals surface area contributed by atoms with Crippen molar-refractivity contribution >= 4 is 29.3 Å². The van der Waals surface area contributed by atoms with Gasteiger partial charge in [0.25, 0.3) is 11.8 Å². The summed E-state index contributed by atoms with van der Waals surface area (Å²) in [5, 5.41) is 2.18. The van der Waals surface area contributed by atoms with Crippen molar-refractivity contribution in [3.05, 3.63) is 102 Å². The number of piperidine rings is 1. The van der Waals surface area contributed by atoms with Crippen LogP contribution in [-0.2, 0) is 39.7 Å². The van der Waals surface area contributed by atoms with Gasteiger partial charge in [-0.25, -0.2) is 9.97 Å². The molecule has 1 N–H and O–H groups in total. The van der Waals surface area contributed by atoms with Crippen molar-refractivity contribution in [2.24, 2.45) is 0 Å². The van der Waals surface area contributed by atoms with Crippen LogP contribution in [0.4, 0.5) is 4.39 Å². The zero-order valence-electron chi connectivity index (χ0n) is 34.3. The van der Waals surface area contributed by atoms with Gasteiger partial charge in [-0.1, -0.05) is 24.3 Å². The predicted molar refractivity (Wildman–Crippen MR) is 221 cm³/mol. The second kappa shape index (κ2) is 21.6. The quantitative estimate of drug-likeness (QED) is 0.0514. The molecule has 3 aromatic heterocycles. The molecule has 1 fully saturated rings. The van der Waals surface area contributed by atoms with Crippen LogP contribution in [0.2, 0.25) is 0 Å². The van der Waals surface area contributed by atoms with Gasteiger partial charge in [-0.05, 0) is 67.3 Å². The highest BCUT2D eigenvalue weighted by atomic mass is 19.1. The van der Waals surface area contributed by atoms with Crippen LogP contribution in [-0.4, -0.2) is 129 Å². The molecule has 2 aliphatic heterocycles. The summed E-state index contributed by atoms with van der Waals surface area (Å²) in [6.45, 7) is 4.24. The second-order valence-electron chi connectivity index (χ2n) is 14.3. The first-order chi connectivity index (χ1) is 30.3. The van der Waals surface area contributed by atoms with Crippen molar-refractivity contribution in [2.45, 2.75) is 31.7 Å². The number of benzene rings is 2. The molecule has 2 aliphatic rings. The highest BCUT2D eigenvalue weighted by Gasteiger charge is 2.44. The first kappa shape index (κ1) is 44.0. The maximum absolute atomic E-state index is 15.0. The van der Waals surface area contributed by atoms with E-state index in [1.807, 2.05) is 59.3 Å². The molecule has 0 radical (unpaired) electrons. The van der Waals surface area contributed by atoms with Crippen LogP contribution in [0.1, 0.15) is 45.7 Å². The number of fused-ring (bicyclic) bond motifs is 2. The molecule has 2 aromatic carbocycles. The maximum Gasteiger partial charge on any atom is 0.262 e. The van der Waals surface area contributed by atoms with Crippen molar-refractivity contribution in [1.29, 1.82) is 0 Å². The summed E-state index contributed by atoms with van der Waals surface area (Å²) in [6, 6.07) is 18.5. The maximum atomic E-state index is 15.0. The number of ether oxygens (including phenoxy) is 7. The van der Waals surface area contributed by atoms with E-state index in [0.717, 1.165) is 33.1 Å². The molecule has 0 saturated carbocycles. The summed E-state index contributed by atoms with van der Waals surface area (Å²) in [5.74, 6) is -1.63. The number of amides is 4. The molecule has 5 heterocycles. The van der Waals surface area contributed by atoms with Gasteiger partial charge in [0.1, 0.15) is 29.8 Å². The van der Waals surface area contributed by atoms with Gasteiger partial charge in [-0.15, -0.1) is 0 Å². The summed E-state index contributed by atoms with van der Waals surface area (Å²) in [7, 11) is 1.62. The molecule has 1 unspecified atom stereocenters. The van der Waals surface area contributed by atoms with E-state index in [-0.39, 0.29) is 37.2 Å². The second-order valence-corrected chi connectivity index (χ2v) is 14.3. The summed E-state index contributed by atoms with van der Waals surface area (Å²) in [4.78, 5) is 59.3. The van der Waals surface area contributed by atoms with E-state index in [0.29, 0.717) is 89.3 Å². The number of imide groups is 2. The van der Waals surface area contributed by atoms with Crippen LogP contribution in [0, 0.1) is 5.95 Å². The fraction of sp³-hybridized carbons (Fsp3) is 0.378. The highest BCUT2D eigenvalue weighted by molar-refractivity contribution is 6.23. The van der Waals surface area contributed by atoms with E-state index >= 15 is 4.39 Å². The Bertz CT molecular complexity index is 2350. The van der Waals surface area contributed by atoms with E-state index in [9.17, 15) is 19.2 Å². The average Bonchev–Trinajstić information content (AvgIpc) is 3.81. The third-order valence-corrected chi connectivity index (χ3v) is 10.2. The highest BCUT2D eigenvalue weighted by Crippen LogP contribution is 2.31. The molecular formula is C45H48FN5O11. The topological polar surface area (TPSA) is 178 Å². The Labute approximate surface area is 357 Å². The number of nitrogens with zero attached hydrogens (tertiary/aromatic N) is 4. The molecule has 0 aliphatic carbocycles. The van der Waals surface area contributed by atoms with Crippen LogP contribution < -0.4 is 14.8 Å². The molecule has 16 nitrogen and oxygen atoms in total. The number of halogens is 1. The number of nitrogens with one attached hydrogen (secondary N) is 1. The molecule has 0 spiro atoms. The number of hydrogen-bond donors (Lipinski definition) is 1. The molecule has 62 heavy (non-hydrogen) atoms. The number of aromatic nitrogens is 3. The van der Waals surface area contributed by atoms with Crippen molar-refractivity contribution in [3.8, 4) is 33.9 Å². The first-order valence-corrected chi connectivity index (χ1v) is 20.4. The van der Waals surface area contributed by atoms with Crippen molar-refractivity contribution in [3.63, 3.8) is 0 Å². The Morgan fingerprint density at radius 3 is 1.94 bits per heavy atom. The number of aryl methyl sites for hydroxylation is 1. The number of carbonyl (C=O) groups is 4. The smallest absolute Gasteiger partial charge is 0.262 e. The fourth-order valence-electron chi connectivity index (χ4n) is 6.97. The molecular weight excluding hydrogens is 806 g/mol. The molecule has 5 aromatic rings. The van der Waals surface area contributed by atoms with E-state index in [4.69, 9.17) is 33.2 Å². The number of imidazole rings is 1. The Balaban J connectivity index is 0.664. The third kappa shape index (κ3) is 11.2. The predicted octanol–water partition coefficient (Wildman–Crippen LogP) is 4.71. The Hall–Kier alpha value is -6.11. The van der Waals surface area contributed by atoms with Crippen LogP contribution >= 0.6 is 0 Å². The van der Waals surface area contributed by atoms with E-state index in [1.165, 1.54) is 12.1 Å². The zero-order valence-corrected chi connectivity index (χ0v) is 34.3. The Morgan fingerprint density at radius 2 is 1.27 bits per heavy atom. The minimum Gasteiger partial charge on any atom is -0.495 e. The number of carbonyl (C=O) groups excluding carboxylic acids is 4. The van der Waals surface area contributed by atoms with E-state index < -0.39 is 35.6 Å². The standard InChI is InChI=1S/C45H48FN5O11/c1-56-34-10-14-40-48-38(29-50(40)28-34)31-6-4-30(5-7-31)35-11-8-32(47-42(35)46)3-2-16-57-17-18-58-19-20-59-21-22-60-23-24-61-25-26-62-33-9-12-36-37(27-33)45(55)51(44(36)54)39-13-15-41(52)49-43(39)53/h4-12,14,27-29,39H,2-3,13,15-26H2,1H3,(H,49,52,53). The van der Waals surface area contributed by atoms with Gasteiger partial charge in [0.05, 0.1) is 89.6 Å². The number of pyridine rings is 2. The molecule has 7 rings (SSSR count). The average molecular weight is 854 g/mol. The first-order valence-electron chi connectivity index (χ1n) is 20.4. The minimum atomic E-state index is -1.02. The number of methoxy groups -OCH3 is 1. The van der Waals surface area contributed by atoms with E-state index in [2.05, 4.69) is 15.3 Å². The largest absolute Gasteiger partial charge is 0.495 e. The molecule has 1 atom stereocenters. The lowest BCUT2D eigenvalue weighted by Gasteiger charge is -2.27. The molecule has 326 valence electrons. The van der Waals surface area contributed by atoms with Gasteiger partial charge in [0.2, 0.25) is 17.8 Å². The molecule has 4 amide bonds. The van der Waals surface area contributed by atoms with Crippen molar-refractivity contribution < 1.29 is 56.7 Å². The SMILES string of the molecule is COc1ccc2nc(-c3ccc(-c4ccc(CCCOCCOCCOCCOCCOCCOc5ccc6c(c5)C(=O)N(C5CCC(=O)NC5=O)C6=O)nc4F)cc3)cn2c1. The lowest BCUT2D eigenvalue weighted by Crippen LogP contribution is -2.54. The third-order valence-electron chi connectivity index (χ3n) is 10.2. The van der Waals surface area contributed by atoms with Gasteiger partial charge < -0.3 is 37.6 Å². The molecule has 1 saturated heterocycles. The van der Waals surface area contributed by atoms with Gasteiger partial charge in [0.15, 0.2) is 0 Å². The van der Waals surface area contributed by atoms with Gasteiger partial charge in [-0.3, -0.25) is 29.4 Å². The van der Waals surface area contributed by atoms with Crippen molar-refractivity contribution in [2.75, 3.05) is 79.8 Å². The van der Waals surface area contributed by atoms with Crippen LogP contribution in [0.5, 0.6) is 11.5 Å². The summed E-state index contributed by atoms with van der Waals surface area (Å²) in [5.41, 5.74) is 4.72. The lowest BCUT2D eigenvalue weighted by molar-refractivity contribution is -0.136. The summed E-state index contributed by atoms with van der Waals surface area (Å²) < 4.78 is 55.7. The number of rotatable bonds is 24. The van der Waals surface area contributed by atoms with E-state index in [1.54, 1.807) is 19.2 Å². The fourth-order valence-corrected chi connectivity index (χ4v) is 6.97. The zero-order chi connectivity index (χ0) is 43.3. The minimum absolute atomic E-state index is 0.0554. The van der Waals surface area contributed by atoms with Crippen LogP contribution in [0.3, 0.4) is 0 Å². The molecule has 0 bridgehead atoms. The monoisotopic (exact) mass is 853 g/mol. The van der Waals surface area contributed by atoms with Crippen LogP contribution in [0.25, 0.3) is 28.0 Å². The summed E-state index contributed by atoms with van der Waals surface area (Å²) in [6.07, 6.45) is 5.24. The lowest BCUT2D eigenvalue weighted by atomic mass is 10.0. The van der Waals surface area contributed by atoms with Gasteiger partial charge in [-0.2, -0.15) is 4.39 Å². The van der Waals surface area contributed by atoms with Crippen molar-refractivity contribution in [1.82, 2.24) is 24.6 Å². The molecule has 17 heteroatoms. The Kier molecular flexibility index (Phi) is 15.3. The normalized spacial score (nSPS) is 15.1.